The lowest BCUT2D eigenvalue weighted by Crippen LogP contribution is -2.29. The number of amides is 1. The van der Waals surface area contributed by atoms with Crippen LogP contribution in [0.5, 0.6) is 0 Å². The summed E-state index contributed by atoms with van der Waals surface area (Å²) in [5.41, 5.74) is 6.64. The molecule has 0 aliphatic heterocycles. The summed E-state index contributed by atoms with van der Waals surface area (Å²) >= 11 is 0. The highest BCUT2D eigenvalue weighted by Crippen LogP contribution is 2.16. The second-order valence-electron chi connectivity index (χ2n) is 4.66. The Morgan fingerprint density at radius 1 is 1.25 bits per heavy atom. The molecule has 1 rings (SSSR count). The number of anilines is 2. The lowest BCUT2D eigenvalue weighted by molar-refractivity contribution is -0.119. The molecule has 0 aromatic heterocycles. The summed E-state index contributed by atoms with van der Waals surface area (Å²) in [6.07, 6.45) is 2.72. The van der Waals surface area contributed by atoms with Crippen molar-refractivity contribution < 1.29 is 13.2 Å². The molecule has 1 amide bonds. The van der Waals surface area contributed by atoms with Crippen molar-refractivity contribution in [1.29, 1.82) is 0 Å². The van der Waals surface area contributed by atoms with Gasteiger partial charge >= 0.3 is 0 Å². The van der Waals surface area contributed by atoms with Crippen molar-refractivity contribution in [3.05, 3.63) is 24.3 Å². The first-order valence-corrected chi connectivity index (χ1v) is 8.33. The minimum atomic E-state index is -3.29. The lowest BCUT2D eigenvalue weighted by Gasteiger charge is -2.14. The van der Waals surface area contributed by atoms with E-state index in [1.807, 2.05) is 6.92 Å². The third kappa shape index (κ3) is 5.58. The molecule has 0 spiro atoms. The van der Waals surface area contributed by atoms with Crippen molar-refractivity contribution in [1.82, 2.24) is 0 Å². The summed E-state index contributed by atoms with van der Waals surface area (Å²) in [5.74, 6) is -0.313. The second-order valence-corrected chi connectivity index (χ2v) is 6.41. The van der Waals surface area contributed by atoms with Crippen LogP contribution in [0.3, 0.4) is 0 Å². The molecule has 20 heavy (non-hydrogen) atoms. The van der Waals surface area contributed by atoms with Crippen LogP contribution in [-0.4, -0.2) is 27.1 Å². The number of carbonyl (C=O) groups is 1. The summed E-state index contributed by atoms with van der Waals surface area (Å²) in [6.45, 7) is 2.31. The first kappa shape index (κ1) is 16.5. The molecule has 1 unspecified atom stereocenters. The van der Waals surface area contributed by atoms with Gasteiger partial charge in [-0.15, -0.1) is 0 Å². The third-order valence-corrected chi connectivity index (χ3v) is 3.35. The molecule has 0 saturated carbocycles. The van der Waals surface area contributed by atoms with Crippen LogP contribution in [0.2, 0.25) is 0 Å². The monoisotopic (exact) mass is 299 g/mol. The van der Waals surface area contributed by atoms with Gasteiger partial charge in [0.1, 0.15) is 0 Å². The molecule has 0 aliphatic rings. The Labute approximate surface area is 119 Å². The van der Waals surface area contributed by atoms with Crippen molar-refractivity contribution in [2.24, 2.45) is 11.7 Å². The molecule has 0 aliphatic carbocycles. The van der Waals surface area contributed by atoms with E-state index in [4.69, 9.17) is 5.73 Å². The van der Waals surface area contributed by atoms with Crippen molar-refractivity contribution >= 4 is 27.3 Å². The van der Waals surface area contributed by atoms with E-state index in [1.54, 1.807) is 24.3 Å². The lowest BCUT2D eigenvalue weighted by atomic mass is 10.0. The predicted octanol–water partition coefficient (Wildman–Crippen LogP) is 1.37. The number of rotatable bonds is 7. The van der Waals surface area contributed by atoms with Gasteiger partial charge in [0, 0.05) is 17.9 Å². The Hall–Kier alpha value is -1.60. The highest BCUT2D eigenvalue weighted by molar-refractivity contribution is 7.92. The molecular formula is C13H21N3O3S. The molecule has 1 atom stereocenters. The quantitative estimate of drug-likeness (QED) is 0.707. The largest absolute Gasteiger partial charge is 0.330 e. The van der Waals surface area contributed by atoms with Crippen LogP contribution in [0.4, 0.5) is 11.4 Å². The van der Waals surface area contributed by atoms with Crippen LogP contribution in [0.25, 0.3) is 0 Å². The van der Waals surface area contributed by atoms with Gasteiger partial charge in [0.25, 0.3) is 0 Å². The fourth-order valence-corrected chi connectivity index (χ4v) is 2.35. The molecule has 1 aromatic carbocycles. The number of benzene rings is 1. The minimum absolute atomic E-state index is 0.113. The number of carbonyl (C=O) groups excluding carboxylic acids is 1. The van der Waals surface area contributed by atoms with E-state index >= 15 is 0 Å². The van der Waals surface area contributed by atoms with Crippen molar-refractivity contribution in [3.8, 4) is 0 Å². The highest BCUT2D eigenvalue weighted by atomic mass is 32.2. The molecule has 0 saturated heterocycles. The van der Waals surface area contributed by atoms with Gasteiger partial charge < -0.3 is 11.1 Å². The first-order chi connectivity index (χ1) is 9.35. The SMILES string of the molecule is CCCC(CN)C(=O)Nc1ccc(NS(C)(=O)=O)cc1. The zero-order valence-corrected chi connectivity index (χ0v) is 12.5. The molecule has 4 N–H and O–H groups in total. The van der Waals surface area contributed by atoms with Crippen LogP contribution in [0.1, 0.15) is 19.8 Å². The predicted molar refractivity (Wildman–Crippen MR) is 81.0 cm³/mol. The van der Waals surface area contributed by atoms with Gasteiger partial charge in [-0.25, -0.2) is 8.42 Å². The van der Waals surface area contributed by atoms with Gasteiger partial charge in [0.2, 0.25) is 15.9 Å². The maximum atomic E-state index is 11.9. The molecule has 112 valence electrons. The average molecular weight is 299 g/mol. The topological polar surface area (TPSA) is 101 Å². The molecule has 0 bridgehead atoms. The Kier molecular flexibility index (Phi) is 5.97. The highest BCUT2D eigenvalue weighted by Gasteiger charge is 2.15. The maximum Gasteiger partial charge on any atom is 0.229 e. The van der Waals surface area contributed by atoms with Crippen LogP contribution < -0.4 is 15.8 Å². The van der Waals surface area contributed by atoms with Crippen molar-refractivity contribution in [2.75, 3.05) is 22.8 Å². The zero-order chi connectivity index (χ0) is 15.2. The summed E-state index contributed by atoms with van der Waals surface area (Å²) in [6, 6.07) is 6.47. The Bertz CT molecular complexity index is 540. The summed E-state index contributed by atoms with van der Waals surface area (Å²) in [4.78, 5) is 11.9. The fourth-order valence-electron chi connectivity index (χ4n) is 1.78. The number of hydrogen-bond donors (Lipinski definition) is 3. The van der Waals surface area contributed by atoms with Crippen LogP contribution in [-0.2, 0) is 14.8 Å². The smallest absolute Gasteiger partial charge is 0.229 e. The van der Waals surface area contributed by atoms with Gasteiger partial charge in [0.05, 0.1) is 12.2 Å². The van der Waals surface area contributed by atoms with Crippen LogP contribution in [0, 0.1) is 5.92 Å². The molecular weight excluding hydrogens is 278 g/mol. The van der Waals surface area contributed by atoms with Crippen LogP contribution >= 0.6 is 0 Å². The molecule has 0 radical (unpaired) electrons. The van der Waals surface area contributed by atoms with E-state index in [2.05, 4.69) is 10.0 Å². The van der Waals surface area contributed by atoms with Crippen LogP contribution in [0.15, 0.2) is 24.3 Å². The van der Waals surface area contributed by atoms with Gasteiger partial charge in [-0.05, 0) is 30.7 Å². The normalized spacial score (nSPS) is 12.8. The Balaban J connectivity index is 2.67. The van der Waals surface area contributed by atoms with Crippen molar-refractivity contribution in [2.45, 2.75) is 19.8 Å². The molecule has 0 heterocycles. The van der Waals surface area contributed by atoms with E-state index in [9.17, 15) is 13.2 Å². The number of nitrogens with two attached hydrogens (primary N) is 1. The maximum absolute atomic E-state index is 11.9. The van der Waals surface area contributed by atoms with Gasteiger partial charge in [-0.2, -0.15) is 0 Å². The molecule has 6 nitrogen and oxygen atoms in total. The number of hydrogen-bond acceptors (Lipinski definition) is 4. The molecule has 7 heteroatoms. The molecule has 1 aromatic rings. The second kappa shape index (κ2) is 7.25. The standard InChI is InChI=1S/C13H21N3O3S/c1-3-4-10(9-14)13(17)15-11-5-7-12(8-6-11)16-20(2,18)19/h5-8,10,16H,3-4,9,14H2,1-2H3,(H,15,17). The van der Waals surface area contributed by atoms with E-state index in [0.29, 0.717) is 17.9 Å². The summed E-state index contributed by atoms with van der Waals surface area (Å²) < 4.78 is 24.5. The fraction of sp³-hybridized carbons (Fsp3) is 0.462. The van der Waals surface area contributed by atoms with E-state index < -0.39 is 10.0 Å². The van der Waals surface area contributed by atoms with Crippen molar-refractivity contribution in [3.63, 3.8) is 0 Å². The Morgan fingerprint density at radius 3 is 2.25 bits per heavy atom. The number of nitrogens with one attached hydrogen (secondary N) is 2. The van der Waals surface area contributed by atoms with Gasteiger partial charge in [-0.1, -0.05) is 13.3 Å². The van der Waals surface area contributed by atoms with E-state index in [-0.39, 0.29) is 11.8 Å². The zero-order valence-electron chi connectivity index (χ0n) is 11.7. The average Bonchev–Trinajstić information content (AvgIpc) is 2.36. The third-order valence-electron chi connectivity index (χ3n) is 2.75. The summed E-state index contributed by atoms with van der Waals surface area (Å²) in [7, 11) is -3.29. The molecule has 0 fully saturated rings. The number of sulfonamides is 1. The Morgan fingerprint density at radius 2 is 1.80 bits per heavy atom. The van der Waals surface area contributed by atoms with Gasteiger partial charge in [0.15, 0.2) is 0 Å². The summed E-state index contributed by atoms with van der Waals surface area (Å²) in [5, 5.41) is 2.77. The van der Waals surface area contributed by atoms with Gasteiger partial charge in [-0.3, -0.25) is 9.52 Å². The first-order valence-electron chi connectivity index (χ1n) is 6.44. The van der Waals surface area contributed by atoms with E-state index in [0.717, 1.165) is 19.1 Å². The minimum Gasteiger partial charge on any atom is -0.330 e. The van der Waals surface area contributed by atoms with E-state index in [1.165, 1.54) is 0 Å².